The third kappa shape index (κ3) is 4.10. The molecule has 1 aromatic rings. The molecule has 1 heterocycles. The van der Waals surface area contributed by atoms with Crippen LogP contribution in [0.25, 0.3) is 0 Å². The Hall–Kier alpha value is -1.82. The molecule has 0 aliphatic carbocycles. The predicted molar refractivity (Wildman–Crippen MR) is 71.8 cm³/mol. The number of ketones is 1. The van der Waals surface area contributed by atoms with Crippen molar-refractivity contribution in [1.29, 1.82) is 0 Å². The molecule has 19 heavy (non-hydrogen) atoms. The minimum absolute atomic E-state index is 0.107. The normalized spacial score (nSPS) is 10.1. The highest BCUT2D eigenvalue weighted by atomic mass is 35.5. The first-order chi connectivity index (χ1) is 8.99. The van der Waals surface area contributed by atoms with Crippen LogP contribution in [-0.4, -0.2) is 30.4 Å². The average molecular weight is 287 g/mol. The van der Waals surface area contributed by atoms with E-state index in [9.17, 15) is 14.4 Å². The van der Waals surface area contributed by atoms with Gasteiger partial charge in [-0.3, -0.25) is 14.4 Å². The van der Waals surface area contributed by atoms with Crippen LogP contribution in [0.15, 0.2) is 10.9 Å². The van der Waals surface area contributed by atoms with Gasteiger partial charge in [0.15, 0.2) is 5.78 Å². The number of Topliss-reactive ketones (excluding diaryl/α,β-unsaturated/α-hetero) is 1. The maximum absolute atomic E-state index is 11.9. The summed E-state index contributed by atoms with van der Waals surface area (Å²) in [6.07, 6.45) is 0.295. The van der Waals surface area contributed by atoms with Gasteiger partial charge >= 0.3 is 5.97 Å². The Morgan fingerprint density at radius 3 is 2.74 bits per heavy atom. The highest BCUT2D eigenvalue weighted by molar-refractivity contribution is 6.31. The molecule has 1 rings (SSSR count). The summed E-state index contributed by atoms with van der Waals surface area (Å²) in [5.74, 6) is -0.845. The first kappa shape index (κ1) is 15.2. The molecule has 2 N–H and O–H groups in total. The number of aromatic amines is 1. The third-order valence-electron chi connectivity index (χ3n) is 2.32. The van der Waals surface area contributed by atoms with Gasteiger partial charge in [0.25, 0.3) is 5.56 Å². The molecule has 0 aliphatic heterocycles. The van der Waals surface area contributed by atoms with Gasteiger partial charge in [-0.05, 0) is 12.5 Å². The lowest BCUT2D eigenvalue weighted by atomic mass is 10.1. The van der Waals surface area contributed by atoms with E-state index in [-0.39, 0.29) is 23.0 Å². The van der Waals surface area contributed by atoms with E-state index in [0.717, 1.165) is 0 Å². The fourth-order valence-corrected chi connectivity index (χ4v) is 1.57. The first-order valence-corrected chi connectivity index (χ1v) is 6.16. The third-order valence-corrected chi connectivity index (χ3v) is 2.60. The first-order valence-electron chi connectivity index (χ1n) is 5.79. The van der Waals surface area contributed by atoms with Gasteiger partial charge in [0.05, 0.1) is 12.2 Å². The van der Waals surface area contributed by atoms with E-state index in [2.05, 4.69) is 10.3 Å². The van der Waals surface area contributed by atoms with Gasteiger partial charge in [0.2, 0.25) is 0 Å². The zero-order chi connectivity index (χ0) is 14.4. The van der Waals surface area contributed by atoms with Gasteiger partial charge in [-0.1, -0.05) is 18.5 Å². The molecule has 1 aromatic heterocycles. The number of hydrogen-bond acceptors (Lipinski definition) is 5. The number of rotatable bonds is 6. The maximum atomic E-state index is 11.9. The molecule has 0 saturated carbocycles. The van der Waals surface area contributed by atoms with Gasteiger partial charge in [0, 0.05) is 7.05 Å². The second kappa shape index (κ2) is 6.94. The van der Waals surface area contributed by atoms with Crippen molar-refractivity contribution in [2.75, 3.05) is 19.0 Å². The monoisotopic (exact) mass is 286 g/mol. The highest BCUT2D eigenvalue weighted by Crippen LogP contribution is 2.16. The smallest absolute Gasteiger partial charge is 0.313 e. The summed E-state index contributed by atoms with van der Waals surface area (Å²) in [7, 11) is 1.55. The minimum Gasteiger partial charge on any atom is -0.465 e. The molecule has 0 spiro atoms. The number of halogens is 1. The van der Waals surface area contributed by atoms with E-state index >= 15 is 0 Å². The molecule has 7 heteroatoms. The maximum Gasteiger partial charge on any atom is 0.313 e. The summed E-state index contributed by atoms with van der Waals surface area (Å²) in [5, 5.41) is 2.57. The fraction of sp³-hybridized carbons (Fsp3) is 0.417. The molecule has 6 nitrogen and oxygen atoms in total. The van der Waals surface area contributed by atoms with Crippen LogP contribution in [0.3, 0.4) is 0 Å². The van der Waals surface area contributed by atoms with E-state index in [1.807, 2.05) is 6.92 Å². The van der Waals surface area contributed by atoms with Crippen molar-refractivity contribution in [2.24, 2.45) is 0 Å². The number of carbonyl (C=O) groups excluding carboxylic acids is 2. The van der Waals surface area contributed by atoms with Crippen LogP contribution in [0, 0.1) is 0 Å². The van der Waals surface area contributed by atoms with Gasteiger partial charge in [-0.15, -0.1) is 0 Å². The number of nitrogens with one attached hydrogen (secondary N) is 2. The van der Waals surface area contributed by atoms with Gasteiger partial charge < -0.3 is 15.0 Å². The number of hydrogen-bond donors (Lipinski definition) is 2. The minimum atomic E-state index is -0.601. The second-order valence-corrected chi connectivity index (χ2v) is 4.21. The predicted octanol–water partition coefficient (Wildman–Crippen LogP) is 1.60. The quantitative estimate of drug-likeness (QED) is 0.471. The number of H-pyrrole nitrogens is 1. The van der Waals surface area contributed by atoms with Crippen molar-refractivity contribution >= 4 is 29.2 Å². The van der Waals surface area contributed by atoms with Crippen LogP contribution >= 0.6 is 11.6 Å². The van der Waals surface area contributed by atoms with Crippen LogP contribution in [0.4, 0.5) is 5.82 Å². The van der Waals surface area contributed by atoms with Crippen LogP contribution in [0.5, 0.6) is 0 Å². The van der Waals surface area contributed by atoms with Crippen LogP contribution in [0.2, 0.25) is 5.02 Å². The van der Waals surface area contributed by atoms with Gasteiger partial charge in [-0.2, -0.15) is 0 Å². The molecule has 0 aromatic carbocycles. The largest absolute Gasteiger partial charge is 0.465 e. The molecule has 0 saturated heterocycles. The summed E-state index contributed by atoms with van der Waals surface area (Å²) in [5.41, 5.74) is -0.350. The molecular formula is C12H15ClN2O4. The van der Waals surface area contributed by atoms with Crippen molar-refractivity contribution in [2.45, 2.75) is 19.8 Å². The Labute approximate surface area is 115 Å². The van der Waals surface area contributed by atoms with Crippen molar-refractivity contribution in [1.82, 2.24) is 4.98 Å². The van der Waals surface area contributed by atoms with E-state index in [0.29, 0.717) is 6.42 Å². The van der Waals surface area contributed by atoms with Crippen LogP contribution in [0.1, 0.15) is 30.1 Å². The molecule has 0 unspecified atom stereocenters. The number of pyridine rings is 1. The second-order valence-electron chi connectivity index (χ2n) is 3.81. The zero-order valence-corrected chi connectivity index (χ0v) is 11.5. The Bertz CT molecular complexity index is 539. The molecule has 0 amide bonds. The Kier molecular flexibility index (Phi) is 5.57. The van der Waals surface area contributed by atoms with Crippen molar-refractivity contribution < 1.29 is 14.3 Å². The topological polar surface area (TPSA) is 88.3 Å². The summed E-state index contributed by atoms with van der Waals surface area (Å²) in [6, 6.07) is 1.24. The lowest BCUT2D eigenvalue weighted by Crippen LogP contribution is -2.17. The zero-order valence-electron chi connectivity index (χ0n) is 10.7. The van der Waals surface area contributed by atoms with Crippen molar-refractivity contribution in [3.63, 3.8) is 0 Å². The lowest BCUT2D eigenvalue weighted by Gasteiger charge is -2.08. The SMILES string of the molecule is CCCOC(=O)CC(=O)c1cc(Cl)c(=O)[nH]c1NC. The molecule has 104 valence electrons. The van der Waals surface area contributed by atoms with E-state index in [4.69, 9.17) is 16.3 Å². The van der Waals surface area contributed by atoms with Gasteiger partial charge in [0.1, 0.15) is 17.3 Å². The molecule has 0 radical (unpaired) electrons. The molecule has 0 bridgehead atoms. The number of aromatic nitrogens is 1. The standard InChI is InChI=1S/C12H15ClN2O4/c1-3-4-19-10(17)6-9(16)7-5-8(13)12(18)15-11(7)14-2/h5H,3-4,6H2,1-2H3,(H2,14,15,18). The molecular weight excluding hydrogens is 272 g/mol. The number of anilines is 1. The summed E-state index contributed by atoms with van der Waals surface area (Å²) >= 11 is 5.67. The van der Waals surface area contributed by atoms with Crippen LogP contribution in [-0.2, 0) is 9.53 Å². The molecule has 0 fully saturated rings. The summed E-state index contributed by atoms with van der Waals surface area (Å²) < 4.78 is 4.83. The van der Waals surface area contributed by atoms with E-state index in [1.54, 1.807) is 7.05 Å². The fourth-order valence-electron chi connectivity index (χ4n) is 1.42. The Balaban J connectivity index is 2.90. The molecule has 0 atom stereocenters. The van der Waals surface area contributed by atoms with Crippen LogP contribution < -0.4 is 10.9 Å². The lowest BCUT2D eigenvalue weighted by molar-refractivity contribution is -0.142. The van der Waals surface area contributed by atoms with Gasteiger partial charge in [-0.25, -0.2) is 0 Å². The Morgan fingerprint density at radius 2 is 2.16 bits per heavy atom. The number of esters is 1. The highest BCUT2D eigenvalue weighted by Gasteiger charge is 2.18. The number of ether oxygens (including phenoxy) is 1. The van der Waals surface area contributed by atoms with E-state index < -0.39 is 23.7 Å². The Morgan fingerprint density at radius 1 is 1.47 bits per heavy atom. The van der Waals surface area contributed by atoms with E-state index in [1.165, 1.54) is 6.07 Å². The van der Waals surface area contributed by atoms with Crippen molar-refractivity contribution in [3.8, 4) is 0 Å². The number of carbonyl (C=O) groups is 2. The summed E-state index contributed by atoms with van der Waals surface area (Å²) in [6.45, 7) is 2.13. The van der Waals surface area contributed by atoms with Crippen molar-refractivity contribution in [3.05, 3.63) is 27.0 Å². The average Bonchev–Trinajstić information content (AvgIpc) is 2.38. The molecule has 0 aliphatic rings. The summed E-state index contributed by atoms with van der Waals surface area (Å²) in [4.78, 5) is 37.0.